The summed E-state index contributed by atoms with van der Waals surface area (Å²) in [6, 6.07) is 6.95. The van der Waals surface area contributed by atoms with Crippen molar-refractivity contribution in [2.75, 3.05) is 0 Å². The zero-order chi connectivity index (χ0) is 18.2. The molecule has 3 rings (SSSR count). The van der Waals surface area contributed by atoms with Gasteiger partial charge < -0.3 is 5.32 Å². The van der Waals surface area contributed by atoms with Gasteiger partial charge in [-0.15, -0.1) is 0 Å². The number of amides is 1. The van der Waals surface area contributed by atoms with Gasteiger partial charge in [-0.05, 0) is 31.5 Å². The van der Waals surface area contributed by atoms with Gasteiger partial charge in [0.05, 0.1) is 11.7 Å². The summed E-state index contributed by atoms with van der Waals surface area (Å²) in [7, 11) is 0. The van der Waals surface area contributed by atoms with E-state index in [4.69, 9.17) is 11.6 Å². The Morgan fingerprint density at radius 1 is 1.28 bits per heavy atom. The summed E-state index contributed by atoms with van der Waals surface area (Å²) in [5, 5.41) is 3.35. The van der Waals surface area contributed by atoms with Crippen LogP contribution in [0.25, 0.3) is 5.65 Å². The summed E-state index contributed by atoms with van der Waals surface area (Å²) < 4.78 is 28.0. The molecular formula is C17H15ClF2N4O. The van der Waals surface area contributed by atoms with Crippen LogP contribution in [0.15, 0.2) is 42.9 Å². The zero-order valence-corrected chi connectivity index (χ0v) is 14.3. The fraction of sp³-hybridized carbons (Fsp3) is 0.235. The van der Waals surface area contributed by atoms with E-state index in [1.165, 1.54) is 23.0 Å². The number of nitrogens with zero attached hydrogens (tertiary/aromatic N) is 3. The summed E-state index contributed by atoms with van der Waals surface area (Å²) in [6.07, 6.45) is 1.29. The van der Waals surface area contributed by atoms with Crippen LogP contribution in [0.5, 0.6) is 0 Å². The minimum absolute atomic E-state index is 0.187. The van der Waals surface area contributed by atoms with Crippen molar-refractivity contribution in [3.63, 3.8) is 0 Å². The van der Waals surface area contributed by atoms with Crippen molar-refractivity contribution < 1.29 is 13.6 Å². The van der Waals surface area contributed by atoms with Gasteiger partial charge in [0, 0.05) is 17.4 Å². The molecule has 1 aromatic carbocycles. The Bertz CT molecular complexity index is 922. The Balaban J connectivity index is 1.99. The maximum Gasteiger partial charge on any atom is 0.282 e. The minimum Gasteiger partial charge on any atom is -0.342 e. The molecule has 0 aliphatic rings. The molecule has 0 atom stereocenters. The molecular weight excluding hydrogens is 350 g/mol. The Hall–Kier alpha value is -2.54. The average Bonchev–Trinajstić information content (AvgIpc) is 2.94. The molecule has 0 fully saturated rings. The quantitative estimate of drug-likeness (QED) is 0.761. The largest absolute Gasteiger partial charge is 0.342 e. The van der Waals surface area contributed by atoms with E-state index in [0.717, 1.165) is 5.56 Å². The molecule has 0 radical (unpaired) electrons. The lowest BCUT2D eigenvalue weighted by atomic mass is 9.94. The first-order valence-electron chi connectivity index (χ1n) is 7.48. The molecule has 2 heterocycles. The van der Waals surface area contributed by atoms with Crippen molar-refractivity contribution in [2.45, 2.75) is 25.8 Å². The monoisotopic (exact) mass is 364 g/mol. The van der Waals surface area contributed by atoms with Crippen molar-refractivity contribution >= 4 is 23.2 Å². The third-order valence-electron chi connectivity index (χ3n) is 3.87. The predicted molar refractivity (Wildman–Crippen MR) is 89.9 cm³/mol. The van der Waals surface area contributed by atoms with E-state index < -0.39 is 23.6 Å². The Morgan fingerprint density at radius 3 is 2.60 bits per heavy atom. The van der Waals surface area contributed by atoms with E-state index in [0.29, 0.717) is 5.02 Å². The van der Waals surface area contributed by atoms with Crippen LogP contribution in [0.2, 0.25) is 5.02 Å². The van der Waals surface area contributed by atoms with Crippen LogP contribution in [0.3, 0.4) is 0 Å². The molecule has 8 heteroatoms. The molecule has 0 unspecified atom stereocenters. The summed E-state index contributed by atoms with van der Waals surface area (Å²) in [4.78, 5) is 20.4. The number of alkyl halides is 2. The van der Waals surface area contributed by atoms with Crippen LogP contribution in [0.1, 0.15) is 42.0 Å². The number of rotatable bonds is 4. The van der Waals surface area contributed by atoms with E-state index in [9.17, 15) is 13.6 Å². The topological polar surface area (TPSA) is 59.3 Å². The number of fused-ring (bicyclic) bond motifs is 1. The number of imidazole rings is 1. The highest BCUT2D eigenvalue weighted by Crippen LogP contribution is 2.26. The fourth-order valence-electron chi connectivity index (χ4n) is 2.58. The van der Waals surface area contributed by atoms with Crippen LogP contribution in [0, 0.1) is 0 Å². The normalized spacial score (nSPS) is 11.9. The lowest BCUT2D eigenvalue weighted by Gasteiger charge is -2.27. The standard InChI is InChI=1S/C17H15ClF2N4O/c1-17(2,10-3-5-11(18)6-4-10)23-16(25)14-13(15(19)20)22-12-9-21-7-8-24(12)14/h3-9,15H,1-2H3,(H,23,25). The lowest BCUT2D eigenvalue weighted by molar-refractivity contribution is 0.0890. The molecule has 2 aromatic heterocycles. The molecule has 25 heavy (non-hydrogen) atoms. The molecule has 0 saturated heterocycles. The van der Waals surface area contributed by atoms with Gasteiger partial charge in [0.2, 0.25) is 0 Å². The van der Waals surface area contributed by atoms with Gasteiger partial charge in [-0.3, -0.25) is 14.2 Å². The zero-order valence-electron chi connectivity index (χ0n) is 13.5. The summed E-state index contributed by atoms with van der Waals surface area (Å²) >= 11 is 5.88. The van der Waals surface area contributed by atoms with Gasteiger partial charge in [-0.1, -0.05) is 23.7 Å². The second kappa shape index (κ2) is 6.40. The number of carbonyl (C=O) groups excluding carboxylic acids is 1. The van der Waals surface area contributed by atoms with E-state index in [-0.39, 0.29) is 11.3 Å². The molecule has 0 spiro atoms. The van der Waals surface area contributed by atoms with Crippen LogP contribution in [-0.4, -0.2) is 20.3 Å². The number of aromatic nitrogens is 3. The molecule has 0 aliphatic heterocycles. The minimum atomic E-state index is -2.88. The van der Waals surface area contributed by atoms with E-state index in [1.807, 2.05) is 0 Å². The van der Waals surface area contributed by atoms with Gasteiger partial charge in [0.25, 0.3) is 12.3 Å². The first-order chi connectivity index (χ1) is 11.8. The molecule has 3 aromatic rings. The van der Waals surface area contributed by atoms with Crippen molar-refractivity contribution in [3.8, 4) is 0 Å². The maximum atomic E-state index is 13.3. The Kier molecular flexibility index (Phi) is 4.43. The van der Waals surface area contributed by atoms with Gasteiger partial charge in [0.1, 0.15) is 11.4 Å². The number of nitrogens with one attached hydrogen (secondary N) is 1. The number of carbonyl (C=O) groups is 1. The van der Waals surface area contributed by atoms with E-state index in [1.54, 1.807) is 38.1 Å². The van der Waals surface area contributed by atoms with Crippen LogP contribution in [0.4, 0.5) is 8.78 Å². The highest BCUT2D eigenvalue weighted by atomic mass is 35.5. The molecule has 5 nitrogen and oxygen atoms in total. The van der Waals surface area contributed by atoms with Crippen molar-refractivity contribution in [2.24, 2.45) is 0 Å². The smallest absolute Gasteiger partial charge is 0.282 e. The van der Waals surface area contributed by atoms with Gasteiger partial charge in [0.15, 0.2) is 5.65 Å². The van der Waals surface area contributed by atoms with Crippen molar-refractivity contribution in [1.29, 1.82) is 0 Å². The highest BCUT2D eigenvalue weighted by molar-refractivity contribution is 6.30. The first-order valence-corrected chi connectivity index (χ1v) is 7.86. The predicted octanol–water partition coefficient (Wildman–Crippen LogP) is 3.99. The van der Waals surface area contributed by atoms with Crippen molar-refractivity contribution in [1.82, 2.24) is 19.7 Å². The third-order valence-corrected chi connectivity index (χ3v) is 4.12. The van der Waals surface area contributed by atoms with Crippen LogP contribution >= 0.6 is 11.6 Å². The van der Waals surface area contributed by atoms with Crippen LogP contribution < -0.4 is 5.32 Å². The first kappa shape index (κ1) is 17.3. The fourth-order valence-corrected chi connectivity index (χ4v) is 2.71. The number of benzene rings is 1. The summed E-state index contributed by atoms with van der Waals surface area (Å²) in [5.74, 6) is -0.644. The summed E-state index contributed by atoms with van der Waals surface area (Å²) in [6.45, 7) is 3.56. The second-order valence-electron chi connectivity index (χ2n) is 6.04. The second-order valence-corrected chi connectivity index (χ2v) is 6.47. The Labute approximate surface area is 147 Å². The molecule has 1 amide bonds. The SMILES string of the molecule is CC(C)(NC(=O)c1c(C(F)F)nc2cnccn12)c1ccc(Cl)cc1. The third kappa shape index (κ3) is 3.32. The maximum absolute atomic E-state index is 13.3. The molecule has 1 N–H and O–H groups in total. The van der Waals surface area contributed by atoms with E-state index >= 15 is 0 Å². The Morgan fingerprint density at radius 2 is 1.96 bits per heavy atom. The molecule has 0 saturated carbocycles. The highest BCUT2D eigenvalue weighted by Gasteiger charge is 2.30. The van der Waals surface area contributed by atoms with Gasteiger partial charge >= 0.3 is 0 Å². The number of hydrogen-bond donors (Lipinski definition) is 1. The van der Waals surface area contributed by atoms with Gasteiger partial charge in [-0.25, -0.2) is 13.8 Å². The van der Waals surface area contributed by atoms with Crippen molar-refractivity contribution in [3.05, 3.63) is 64.8 Å². The average molecular weight is 365 g/mol. The number of hydrogen-bond acceptors (Lipinski definition) is 3. The molecule has 0 aliphatic carbocycles. The van der Waals surface area contributed by atoms with E-state index in [2.05, 4.69) is 15.3 Å². The van der Waals surface area contributed by atoms with Crippen LogP contribution in [-0.2, 0) is 5.54 Å². The van der Waals surface area contributed by atoms with Gasteiger partial charge in [-0.2, -0.15) is 0 Å². The summed E-state index contributed by atoms with van der Waals surface area (Å²) in [5.41, 5.74) is -0.587. The molecule has 0 bridgehead atoms. The molecule has 130 valence electrons. The number of halogens is 3. The lowest BCUT2D eigenvalue weighted by Crippen LogP contribution is -2.41.